The fraction of sp³-hybridized carbons (Fsp3) is 0.185. The van der Waals surface area contributed by atoms with Gasteiger partial charge in [0.1, 0.15) is 5.82 Å². The number of carbonyl (C=O) groups excluding carboxylic acids is 1. The van der Waals surface area contributed by atoms with Gasteiger partial charge in [0, 0.05) is 27.5 Å². The molecule has 4 nitrogen and oxygen atoms in total. The summed E-state index contributed by atoms with van der Waals surface area (Å²) in [6.45, 7) is 5.16. The number of hydrogen-bond donors (Lipinski definition) is 1. The molecule has 1 heterocycles. The van der Waals surface area contributed by atoms with E-state index in [0.29, 0.717) is 35.4 Å². The van der Waals surface area contributed by atoms with E-state index in [1.807, 2.05) is 52.7 Å². The fourth-order valence-corrected chi connectivity index (χ4v) is 4.52. The molecule has 34 heavy (non-hydrogen) atoms. The highest BCUT2D eigenvalue weighted by atomic mass is 79.9. The van der Waals surface area contributed by atoms with E-state index >= 15 is 0 Å². The maximum atomic E-state index is 14.8. The van der Waals surface area contributed by atoms with Crippen molar-refractivity contribution in [2.24, 2.45) is 5.92 Å². The molecule has 7 heteroatoms. The van der Waals surface area contributed by atoms with Crippen LogP contribution in [0.5, 0.6) is 0 Å². The van der Waals surface area contributed by atoms with Crippen molar-refractivity contribution in [3.8, 4) is 11.3 Å². The molecule has 0 unspecified atom stereocenters. The van der Waals surface area contributed by atoms with Gasteiger partial charge in [-0.3, -0.25) is 4.79 Å². The average Bonchev–Trinajstić information content (AvgIpc) is 3.32. The van der Waals surface area contributed by atoms with Gasteiger partial charge in [-0.2, -0.15) is 0 Å². The highest BCUT2D eigenvalue weighted by Crippen LogP contribution is 2.35. The first-order valence-electron chi connectivity index (χ1n) is 11.0. The highest BCUT2D eigenvalue weighted by molar-refractivity contribution is 9.10. The van der Waals surface area contributed by atoms with Gasteiger partial charge in [0.2, 0.25) is 0 Å². The van der Waals surface area contributed by atoms with E-state index in [-0.39, 0.29) is 11.7 Å². The number of hydrogen-bond acceptors (Lipinski definition) is 4. The van der Waals surface area contributed by atoms with Gasteiger partial charge in [-0.25, -0.2) is 9.37 Å². The largest absolute Gasteiger partial charge is 0.352 e. The Labute approximate surface area is 211 Å². The second-order valence-corrected chi connectivity index (χ2v) is 10.1. The van der Waals surface area contributed by atoms with Crippen LogP contribution in [-0.2, 0) is 6.54 Å². The van der Waals surface area contributed by atoms with E-state index in [1.165, 1.54) is 17.4 Å². The Morgan fingerprint density at radius 1 is 1.06 bits per heavy atom. The average molecular weight is 538 g/mol. The van der Waals surface area contributed by atoms with E-state index in [4.69, 9.17) is 4.98 Å². The lowest BCUT2D eigenvalue weighted by atomic mass is 10.1. The summed E-state index contributed by atoms with van der Waals surface area (Å²) in [7, 11) is 0. The Kier molecular flexibility index (Phi) is 7.75. The van der Waals surface area contributed by atoms with Crippen LogP contribution in [0.2, 0.25) is 0 Å². The van der Waals surface area contributed by atoms with Crippen LogP contribution < -0.4 is 10.2 Å². The van der Waals surface area contributed by atoms with E-state index in [1.54, 1.807) is 24.3 Å². The lowest BCUT2D eigenvalue weighted by molar-refractivity contribution is 0.0949. The first-order chi connectivity index (χ1) is 16.4. The van der Waals surface area contributed by atoms with Crippen molar-refractivity contribution in [2.45, 2.75) is 20.4 Å². The molecule has 0 aliphatic heterocycles. The number of halogens is 2. The number of amides is 1. The van der Waals surface area contributed by atoms with E-state index in [0.717, 1.165) is 21.3 Å². The van der Waals surface area contributed by atoms with Crippen molar-refractivity contribution in [3.05, 3.63) is 99.6 Å². The number of benzene rings is 3. The molecule has 1 aromatic heterocycles. The smallest absolute Gasteiger partial charge is 0.251 e. The summed E-state index contributed by atoms with van der Waals surface area (Å²) in [5.41, 5.74) is 3.84. The zero-order valence-corrected chi connectivity index (χ0v) is 21.4. The Hall–Kier alpha value is -3.03. The monoisotopic (exact) mass is 537 g/mol. The van der Waals surface area contributed by atoms with Gasteiger partial charge in [0.15, 0.2) is 5.13 Å². The van der Waals surface area contributed by atoms with Crippen molar-refractivity contribution in [3.63, 3.8) is 0 Å². The van der Waals surface area contributed by atoms with Gasteiger partial charge >= 0.3 is 0 Å². The summed E-state index contributed by atoms with van der Waals surface area (Å²) >= 11 is 4.93. The van der Waals surface area contributed by atoms with Crippen molar-refractivity contribution in [1.29, 1.82) is 0 Å². The van der Waals surface area contributed by atoms with Gasteiger partial charge in [-0.15, -0.1) is 11.3 Å². The molecular formula is C27H25BrFN3OS. The molecule has 0 radical (unpaired) electrons. The molecule has 0 fully saturated rings. The number of anilines is 2. The first kappa shape index (κ1) is 24.1. The third-order valence-electron chi connectivity index (χ3n) is 5.23. The number of thiazole rings is 1. The standard InChI is InChI=1S/C27H25BrFN3OS/c1-18(2)15-30-26(33)21-9-7-19(8-10-21)16-32(25-6-4-3-5-23(25)29)27-31-24(17-34-27)20-11-13-22(28)14-12-20/h3-14,17-18H,15-16H2,1-2H3,(H,30,33). The molecule has 0 bridgehead atoms. The van der Waals surface area contributed by atoms with Crippen LogP contribution in [0, 0.1) is 11.7 Å². The highest BCUT2D eigenvalue weighted by Gasteiger charge is 2.18. The van der Waals surface area contributed by atoms with Crippen LogP contribution in [0.25, 0.3) is 11.3 Å². The van der Waals surface area contributed by atoms with Gasteiger partial charge in [0.25, 0.3) is 5.91 Å². The second-order valence-electron chi connectivity index (χ2n) is 8.36. The summed E-state index contributed by atoms with van der Waals surface area (Å²) in [6, 6.07) is 22.1. The maximum absolute atomic E-state index is 14.8. The van der Waals surface area contributed by atoms with Crippen LogP contribution in [0.1, 0.15) is 29.8 Å². The molecule has 0 aliphatic carbocycles. The summed E-state index contributed by atoms with van der Waals surface area (Å²) < 4.78 is 15.8. The fourth-order valence-electron chi connectivity index (χ4n) is 3.41. The van der Waals surface area contributed by atoms with Crippen molar-refractivity contribution in [2.75, 3.05) is 11.4 Å². The Balaban J connectivity index is 1.60. The normalized spacial score (nSPS) is 11.0. The molecule has 0 spiro atoms. The van der Waals surface area contributed by atoms with Gasteiger partial charge in [0.05, 0.1) is 17.9 Å². The Morgan fingerprint density at radius 2 is 1.76 bits per heavy atom. The lowest BCUT2D eigenvalue weighted by Gasteiger charge is -2.23. The zero-order valence-electron chi connectivity index (χ0n) is 19.0. The molecule has 0 aliphatic rings. The minimum Gasteiger partial charge on any atom is -0.352 e. The van der Waals surface area contributed by atoms with E-state index < -0.39 is 0 Å². The molecule has 1 amide bonds. The molecular weight excluding hydrogens is 513 g/mol. The SMILES string of the molecule is CC(C)CNC(=O)c1ccc(CN(c2nc(-c3ccc(Br)cc3)cs2)c2ccccc2F)cc1. The molecule has 0 saturated carbocycles. The Morgan fingerprint density at radius 3 is 2.44 bits per heavy atom. The number of nitrogens with one attached hydrogen (secondary N) is 1. The number of nitrogens with zero attached hydrogens (tertiary/aromatic N) is 2. The molecule has 0 saturated heterocycles. The lowest BCUT2D eigenvalue weighted by Crippen LogP contribution is -2.27. The van der Waals surface area contributed by atoms with E-state index in [2.05, 4.69) is 35.1 Å². The second kappa shape index (κ2) is 10.9. The van der Waals surface area contributed by atoms with Crippen molar-refractivity contribution < 1.29 is 9.18 Å². The molecule has 4 rings (SSSR count). The van der Waals surface area contributed by atoms with Crippen LogP contribution >= 0.6 is 27.3 Å². The quantitative estimate of drug-likeness (QED) is 0.254. The minimum absolute atomic E-state index is 0.0923. The van der Waals surface area contributed by atoms with Gasteiger partial charge < -0.3 is 10.2 Å². The third kappa shape index (κ3) is 5.90. The predicted octanol–water partition coefficient (Wildman–Crippen LogP) is 7.44. The summed E-state index contributed by atoms with van der Waals surface area (Å²) in [6.07, 6.45) is 0. The molecule has 1 N–H and O–H groups in total. The molecule has 3 aromatic carbocycles. The van der Waals surface area contributed by atoms with Crippen molar-refractivity contribution >= 4 is 44.0 Å². The number of aromatic nitrogens is 1. The number of rotatable bonds is 8. The summed E-state index contributed by atoms with van der Waals surface area (Å²) in [5, 5.41) is 5.61. The maximum Gasteiger partial charge on any atom is 0.251 e. The molecule has 0 atom stereocenters. The summed E-state index contributed by atoms with van der Waals surface area (Å²) in [4.78, 5) is 19.0. The van der Waals surface area contributed by atoms with Crippen LogP contribution in [0.15, 0.2) is 82.6 Å². The topological polar surface area (TPSA) is 45.2 Å². The zero-order chi connectivity index (χ0) is 24.1. The van der Waals surface area contributed by atoms with Crippen LogP contribution in [0.3, 0.4) is 0 Å². The van der Waals surface area contributed by atoms with Crippen LogP contribution in [-0.4, -0.2) is 17.4 Å². The van der Waals surface area contributed by atoms with Gasteiger partial charge in [-0.1, -0.05) is 66.2 Å². The molecule has 4 aromatic rings. The first-order valence-corrected chi connectivity index (χ1v) is 12.7. The minimum atomic E-state index is -0.312. The van der Waals surface area contributed by atoms with Crippen LogP contribution in [0.4, 0.5) is 15.2 Å². The van der Waals surface area contributed by atoms with Gasteiger partial charge in [-0.05, 0) is 47.9 Å². The summed E-state index contributed by atoms with van der Waals surface area (Å²) in [5.74, 6) is -0.0176. The predicted molar refractivity (Wildman–Crippen MR) is 141 cm³/mol. The number of para-hydroxylation sites is 1. The van der Waals surface area contributed by atoms with E-state index in [9.17, 15) is 9.18 Å². The Bertz CT molecular complexity index is 1260. The molecule has 174 valence electrons. The number of carbonyl (C=O) groups is 1. The third-order valence-corrected chi connectivity index (χ3v) is 6.63. The van der Waals surface area contributed by atoms with Crippen molar-refractivity contribution in [1.82, 2.24) is 10.3 Å².